The normalized spacial score (nSPS) is 13.0. The number of amides is 1. The molecule has 0 saturated carbocycles. The third-order valence-corrected chi connectivity index (χ3v) is 5.29. The van der Waals surface area contributed by atoms with E-state index in [-0.39, 0.29) is 29.9 Å². The second-order valence-electron chi connectivity index (χ2n) is 6.62. The Kier molecular flexibility index (Phi) is 8.31. The Labute approximate surface area is 140 Å². The highest BCUT2D eigenvalue weighted by Gasteiger charge is 2.15. The fraction of sp³-hybridized carbons (Fsp3) is 0.611. The van der Waals surface area contributed by atoms with Crippen molar-refractivity contribution in [2.45, 2.75) is 58.2 Å². The molecular formula is C18H29NO3S. The highest BCUT2D eigenvalue weighted by atomic mass is 32.2. The van der Waals surface area contributed by atoms with Crippen molar-refractivity contribution < 1.29 is 13.2 Å². The molecule has 1 atom stereocenters. The lowest BCUT2D eigenvalue weighted by Gasteiger charge is -2.14. The van der Waals surface area contributed by atoms with Gasteiger partial charge in [0.2, 0.25) is 5.91 Å². The van der Waals surface area contributed by atoms with Crippen LogP contribution >= 0.6 is 0 Å². The van der Waals surface area contributed by atoms with Gasteiger partial charge in [-0.15, -0.1) is 0 Å². The minimum atomic E-state index is -3.25. The van der Waals surface area contributed by atoms with Gasteiger partial charge in [-0.1, -0.05) is 57.0 Å². The maximum absolute atomic E-state index is 12.1. The van der Waals surface area contributed by atoms with Crippen molar-refractivity contribution in [2.75, 3.05) is 5.75 Å². The summed E-state index contributed by atoms with van der Waals surface area (Å²) in [6.45, 7) is 6.33. The van der Waals surface area contributed by atoms with Crippen molar-refractivity contribution in [3.63, 3.8) is 0 Å². The largest absolute Gasteiger partial charge is 0.354 e. The second-order valence-corrected chi connectivity index (χ2v) is 8.81. The summed E-state index contributed by atoms with van der Waals surface area (Å²) in [4.78, 5) is 11.9. The molecule has 4 nitrogen and oxygen atoms in total. The van der Waals surface area contributed by atoms with Gasteiger partial charge in [-0.3, -0.25) is 4.79 Å². The standard InChI is InChI=1S/C18H29NO3S/c1-15(2)8-7-9-16(3)19-18(20)12-13-23(21,22)14-17-10-5-4-6-11-17/h4-6,10-11,15-16H,7-9,12-14H2,1-3H3,(H,19,20)/t16-/m1/s1. The van der Waals surface area contributed by atoms with E-state index in [1.165, 1.54) is 0 Å². The Morgan fingerprint density at radius 1 is 1.09 bits per heavy atom. The zero-order valence-electron chi connectivity index (χ0n) is 14.4. The van der Waals surface area contributed by atoms with E-state index in [9.17, 15) is 13.2 Å². The lowest BCUT2D eigenvalue weighted by Crippen LogP contribution is -2.33. The van der Waals surface area contributed by atoms with E-state index in [0.717, 1.165) is 24.8 Å². The third kappa shape index (κ3) is 9.39. The Bertz CT molecular complexity index is 567. The molecule has 23 heavy (non-hydrogen) atoms. The maximum atomic E-state index is 12.1. The summed E-state index contributed by atoms with van der Waals surface area (Å²) < 4.78 is 24.1. The van der Waals surface area contributed by atoms with E-state index in [2.05, 4.69) is 19.2 Å². The molecule has 0 aliphatic heterocycles. The average Bonchev–Trinajstić information content (AvgIpc) is 2.45. The van der Waals surface area contributed by atoms with Crippen LogP contribution in [-0.4, -0.2) is 26.1 Å². The average molecular weight is 340 g/mol. The Balaban J connectivity index is 2.31. The zero-order chi connectivity index (χ0) is 17.3. The lowest BCUT2D eigenvalue weighted by molar-refractivity contribution is -0.121. The number of hydrogen-bond acceptors (Lipinski definition) is 3. The van der Waals surface area contributed by atoms with Crippen LogP contribution in [-0.2, 0) is 20.4 Å². The van der Waals surface area contributed by atoms with Crippen molar-refractivity contribution in [3.05, 3.63) is 35.9 Å². The predicted octanol–water partition coefficient (Wildman–Crippen LogP) is 3.32. The third-order valence-electron chi connectivity index (χ3n) is 3.70. The quantitative estimate of drug-likeness (QED) is 0.711. The van der Waals surface area contributed by atoms with Crippen LogP contribution in [0, 0.1) is 5.92 Å². The summed E-state index contributed by atoms with van der Waals surface area (Å²) in [5.41, 5.74) is 0.759. The smallest absolute Gasteiger partial charge is 0.221 e. The van der Waals surface area contributed by atoms with Crippen LogP contribution in [0.3, 0.4) is 0 Å². The van der Waals surface area contributed by atoms with Gasteiger partial charge in [-0.05, 0) is 24.8 Å². The van der Waals surface area contributed by atoms with Crippen molar-refractivity contribution in [2.24, 2.45) is 5.92 Å². The van der Waals surface area contributed by atoms with E-state index in [1.807, 2.05) is 25.1 Å². The van der Waals surface area contributed by atoms with E-state index in [4.69, 9.17) is 0 Å². The molecule has 1 rings (SSSR count). The zero-order valence-corrected chi connectivity index (χ0v) is 15.2. The van der Waals surface area contributed by atoms with Gasteiger partial charge in [0, 0.05) is 12.5 Å². The number of carbonyl (C=O) groups is 1. The molecule has 0 aromatic heterocycles. The number of hydrogen-bond donors (Lipinski definition) is 1. The summed E-state index contributed by atoms with van der Waals surface area (Å²) >= 11 is 0. The van der Waals surface area contributed by atoms with Crippen molar-refractivity contribution in [3.8, 4) is 0 Å². The minimum Gasteiger partial charge on any atom is -0.354 e. The molecule has 1 N–H and O–H groups in total. The molecule has 0 saturated heterocycles. The van der Waals surface area contributed by atoms with Crippen molar-refractivity contribution in [1.82, 2.24) is 5.32 Å². The topological polar surface area (TPSA) is 63.2 Å². The molecule has 0 unspecified atom stereocenters. The van der Waals surface area contributed by atoms with Crippen LogP contribution in [0.15, 0.2) is 30.3 Å². The van der Waals surface area contributed by atoms with Crippen LogP contribution in [0.4, 0.5) is 0 Å². The van der Waals surface area contributed by atoms with E-state index < -0.39 is 9.84 Å². The number of sulfone groups is 1. The summed E-state index contributed by atoms with van der Waals surface area (Å²) in [6, 6.07) is 9.15. The molecule has 130 valence electrons. The minimum absolute atomic E-state index is 0.00887. The number of nitrogens with one attached hydrogen (secondary N) is 1. The van der Waals surface area contributed by atoms with Crippen LogP contribution in [0.25, 0.3) is 0 Å². The SMILES string of the molecule is CC(C)CCC[C@@H](C)NC(=O)CCS(=O)(=O)Cc1ccccc1. The first-order chi connectivity index (χ1) is 10.8. The predicted molar refractivity (Wildman–Crippen MR) is 94.8 cm³/mol. The van der Waals surface area contributed by atoms with Gasteiger partial charge in [0.25, 0.3) is 0 Å². The number of carbonyl (C=O) groups excluding carboxylic acids is 1. The fourth-order valence-electron chi connectivity index (χ4n) is 2.40. The first-order valence-corrected chi connectivity index (χ1v) is 10.1. The Morgan fingerprint density at radius 3 is 2.35 bits per heavy atom. The fourth-order valence-corrected chi connectivity index (χ4v) is 3.74. The number of benzene rings is 1. The monoisotopic (exact) mass is 339 g/mol. The molecule has 1 amide bonds. The second kappa shape index (κ2) is 9.71. The van der Waals surface area contributed by atoms with Gasteiger partial charge >= 0.3 is 0 Å². The summed E-state index contributed by atoms with van der Waals surface area (Å²) in [6.07, 6.45) is 3.18. The molecule has 0 fully saturated rings. The molecule has 1 aromatic carbocycles. The lowest BCUT2D eigenvalue weighted by atomic mass is 10.0. The molecule has 0 spiro atoms. The van der Waals surface area contributed by atoms with Crippen LogP contribution in [0.2, 0.25) is 0 Å². The van der Waals surface area contributed by atoms with Gasteiger partial charge in [0.05, 0.1) is 11.5 Å². The summed E-state index contributed by atoms with van der Waals surface area (Å²) in [5, 5.41) is 2.89. The van der Waals surface area contributed by atoms with Crippen LogP contribution in [0.5, 0.6) is 0 Å². The first-order valence-electron chi connectivity index (χ1n) is 8.32. The van der Waals surface area contributed by atoms with E-state index >= 15 is 0 Å². The van der Waals surface area contributed by atoms with E-state index in [1.54, 1.807) is 12.1 Å². The van der Waals surface area contributed by atoms with Gasteiger partial charge < -0.3 is 5.32 Å². The van der Waals surface area contributed by atoms with Gasteiger partial charge in [0.1, 0.15) is 0 Å². The molecule has 0 aliphatic rings. The van der Waals surface area contributed by atoms with Crippen LogP contribution in [0.1, 0.15) is 52.0 Å². The molecular weight excluding hydrogens is 310 g/mol. The number of rotatable bonds is 10. The molecule has 0 heterocycles. The molecule has 0 radical (unpaired) electrons. The van der Waals surface area contributed by atoms with Crippen molar-refractivity contribution in [1.29, 1.82) is 0 Å². The summed E-state index contributed by atoms with van der Waals surface area (Å²) in [5.74, 6) is 0.372. The van der Waals surface area contributed by atoms with Gasteiger partial charge in [-0.2, -0.15) is 0 Å². The highest BCUT2D eigenvalue weighted by molar-refractivity contribution is 7.90. The molecule has 1 aromatic rings. The molecule has 5 heteroatoms. The Hall–Kier alpha value is -1.36. The summed E-state index contributed by atoms with van der Waals surface area (Å²) in [7, 11) is -3.25. The maximum Gasteiger partial charge on any atom is 0.221 e. The van der Waals surface area contributed by atoms with Crippen LogP contribution < -0.4 is 5.32 Å². The highest BCUT2D eigenvalue weighted by Crippen LogP contribution is 2.09. The van der Waals surface area contributed by atoms with Crippen molar-refractivity contribution >= 4 is 15.7 Å². The first kappa shape index (κ1) is 19.7. The Morgan fingerprint density at radius 2 is 1.74 bits per heavy atom. The van der Waals surface area contributed by atoms with E-state index in [0.29, 0.717) is 5.92 Å². The molecule has 0 bridgehead atoms. The van der Waals surface area contributed by atoms with Gasteiger partial charge in [0.15, 0.2) is 9.84 Å². The molecule has 0 aliphatic carbocycles. The van der Waals surface area contributed by atoms with Gasteiger partial charge in [-0.25, -0.2) is 8.42 Å².